The van der Waals surface area contributed by atoms with Gasteiger partial charge in [0.25, 0.3) is 0 Å². The van der Waals surface area contributed by atoms with Crippen LogP contribution in [0.5, 0.6) is 0 Å². The molecule has 0 aliphatic rings. The fourth-order valence-electron chi connectivity index (χ4n) is 10.4. The van der Waals surface area contributed by atoms with Crippen LogP contribution in [0.2, 0.25) is 0 Å². The van der Waals surface area contributed by atoms with Gasteiger partial charge in [-0.1, -0.05) is 201 Å². The molecule has 0 fully saturated rings. The Bertz CT molecular complexity index is 2800. The van der Waals surface area contributed by atoms with Crippen molar-refractivity contribution in [1.82, 2.24) is 0 Å². The van der Waals surface area contributed by atoms with Crippen LogP contribution in [0.25, 0.3) is 21.5 Å². The van der Waals surface area contributed by atoms with Crippen LogP contribution in [-0.4, -0.2) is 12.4 Å². The van der Waals surface area contributed by atoms with E-state index in [0.717, 1.165) is 131 Å². The van der Waals surface area contributed by atoms with E-state index in [-0.39, 0.29) is 10.8 Å². The molecular weight excluding hydrogens is 899 g/mol. The molecule has 0 atom stereocenters. The van der Waals surface area contributed by atoms with Crippen LogP contribution < -0.4 is 9.80 Å². The summed E-state index contributed by atoms with van der Waals surface area (Å²) in [6, 6.07) is 52.8. The SMILES string of the molecule is CCCCCC(C)(C)c1ccc(N(c2ccc(C(c3ccc(N(c4ccc(C(C)(C)CCCCC)cc4)c4cccc5ccccc45)cc3)(C(F)(F)F)C(F)(F)F)cc2)c2cccc3ccccc23)cc1. The minimum atomic E-state index is -5.78. The van der Waals surface area contributed by atoms with E-state index >= 15 is 26.3 Å². The molecule has 368 valence electrons. The standard InChI is InChI=1S/C63H64F6N2/c1-7-9-15-43-59(3,4)47-27-35-51(36-28-47)70(57-25-17-21-45-19-11-13-23-55(45)57)53-39-31-49(32-40-53)61(62(64,65)66,63(67,68)69)50-33-41-54(42-34-50)71(58-26-18-22-46-20-12-14-24-56(46)58)52-37-29-48(30-38-52)60(5,6)44-16-10-8-2/h11-14,17-42H,7-10,15-16,43-44H2,1-6H3. The fourth-order valence-corrected chi connectivity index (χ4v) is 10.4. The van der Waals surface area contributed by atoms with Gasteiger partial charge in [0.1, 0.15) is 0 Å². The summed E-state index contributed by atoms with van der Waals surface area (Å²) in [4.78, 5) is 3.80. The van der Waals surface area contributed by atoms with Gasteiger partial charge in [-0.25, -0.2) is 0 Å². The van der Waals surface area contributed by atoms with Crippen LogP contribution in [0.15, 0.2) is 182 Å². The zero-order valence-electron chi connectivity index (χ0n) is 41.6. The summed E-state index contributed by atoms with van der Waals surface area (Å²) in [5, 5.41) is 3.63. The molecule has 2 nitrogen and oxygen atoms in total. The maximum Gasteiger partial charge on any atom is 0.411 e. The van der Waals surface area contributed by atoms with Gasteiger partial charge in [0.2, 0.25) is 5.41 Å². The van der Waals surface area contributed by atoms with Crippen molar-refractivity contribution in [2.45, 2.75) is 122 Å². The summed E-state index contributed by atoms with van der Waals surface area (Å²) >= 11 is 0. The van der Waals surface area contributed by atoms with Gasteiger partial charge >= 0.3 is 12.4 Å². The van der Waals surface area contributed by atoms with Crippen LogP contribution in [0.4, 0.5) is 60.5 Å². The molecule has 8 rings (SSSR count). The third-order valence-corrected chi connectivity index (χ3v) is 14.6. The van der Waals surface area contributed by atoms with Gasteiger partial charge in [-0.05, 0) is 117 Å². The maximum absolute atomic E-state index is 15.9. The van der Waals surface area contributed by atoms with E-state index in [1.165, 1.54) is 24.3 Å². The first kappa shape index (κ1) is 50.8. The topological polar surface area (TPSA) is 6.48 Å². The normalized spacial score (nSPS) is 12.7. The molecule has 0 aliphatic heterocycles. The highest BCUT2D eigenvalue weighted by Gasteiger charge is 2.72. The number of rotatable bonds is 18. The van der Waals surface area contributed by atoms with Gasteiger partial charge in [0.05, 0.1) is 11.4 Å². The van der Waals surface area contributed by atoms with E-state index in [1.54, 1.807) is 0 Å². The molecule has 0 bridgehead atoms. The molecule has 0 N–H and O–H groups in total. The van der Waals surface area contributed by atoms with Gasteiger partial charge in [-0.2, -0.15) is 26.3 Å². The Morgan fingerprint density at radius 1 is 0.338 bits per heavy atom. The summed E-state index contributed by atoms with van der Waals surface area (Å²) < 4.78 is 95.4. The van der Waals surface area contributed by atoms with E-state index in [9.17, 15) is 0 Å². The lowest BCUT2D eigenvalue weighted by Gasteiger charge is -2.39. The van der Waals surface area contributed by atoms with Crippen molar-refractivity contribution in [3.63, 3.8) is 0 Å². The zero-order valence-corrected chi connectivity index (χ0v) is 41.6. The van der Waals surface area contributed by atoms with Gasteiger partial charge in [-0.15, -0.1) is 0 Å². The van der Waals surface area contributed by atoms with Crippen molar-refractivity contribution in [2.24, 2.45) is 0 Å². The van der Waals surface area contributed by atoms with Crippen LogP contribution in [-0.2, 0) is 16.2 Å². The van der Waals surface area contributed by atoms with Crippen LogP contribution in [0, 0.1) is 0 Å². The molecule has 0 spiro atoms. The molecule has 0 radical (unpaired) electrons. The third kappa shape index (κ3) is 10.2. The lowest BCUT2D eigenvalue weighted by Crippen LogP contribution is -2.54. The number of unbranched alkanes of at least 4 members (excludes halogenated alkanes) is 4. The third-order valence-electron chi connectivity index (χ3n) is 14.6. The highest BCUT2D eigenvalue weighted by Crippen LogP contribution is 2.57. The number of benzene rings is 8. The molecule has 0 heterocycles. The largest absolute Gasteiger partial charge is 0.411 e. The zero-order chi connectivity index (χ0) is 50.6. The quantitative estimate of drug-likeness (QED) is 0.0625. The van der Waals surface area contributed by atoms with E-state index in [0.29, 0.717) is 11.4 Å². The molecular formula is C63H64F6N2. The average Bonchev–Trinajstić information content (AvgIpc) is 3.35. The molecule has 0 saturated carbocycles. The van der Waals surface area contributed by atoms with Crippen molar-refractivity contribution in [1.29, 1.82) is 0 Å². The van der Waals surface area contributed by atoms with Crippen LogP contribution >= 0.6 is 0 Å². The first-order chi connectivity index (χ1) is 33.9. The second kappa shape index (κ2) is 20.7. The molecule has 8 heteroatoms. The number of nitrogens with zero attached hydrogens (tertiary/aromatic N) is 2. The first-order valence-electron chi connectivity index (χ1n) is 25.0. The molecule has 0 aromatic heterocycles. The smallest absolute Gasteiger partial charge is 0.310 e. The Hall–Kier alpha value is -6.54. The summed E-state index contributed by atoms with van der Waals surface area (Å²) in [5.41, 5.74) is -0.389. The summed E-state index contributed by atoms with van der Waals surface area (Å²) in [6.07, 6.45) is -2.85. The Kier molecular flexibility index (Phi) is 14.8. The van der Waals surface area contributed by atoms with Gasteiger partial charge < -0.3 is 9.80 Å². The minimum absolute atomic E-state index is 0.0964. The Balaban J connectivity index is 1.22. The molecule has 0 unspecified atom stereocenters. The molecule has 0 saturated heterocycles. The average molecular weight is 963 g/mol. The van der Waals surface area contributed by atoms with Gasteiger partial charge in [-0.3, -0.25) is 0 Å². The second-order valence-electron chi connectivity index (χ2n) is 20.3. The van der Waals surface area contributed by atoms with Gasteiger partial charge in [0.15, 0.2) is 0 Å². The summed E-state index contributed by atoms with van der Waals surface area (Å²) in [5.74, 6) is 0. The maximum atomic E-state index is 15.9. The predicted molar refractivity (Wildman–Crippen MR) is 284 cm³/mol. The highest BCUT2D eigenvalue weighted by molar-refractivity contribution is 6.00. The minimum Gasteiger partial charge on any atom is -0.310 e. The van der Waals surface area contributed by atoms with Crippen molar-refractivity contribution in [3.8, 4) is 0 Å². The number of fused-ring (bicyclic) bond motifs is 2. The second-order valence-corrected chi connectivity index (χ2v) is 20.3. The molecule has 71 heavy (non-hydrogen) atoms. The lowest BCUT2D eigenvalue weighted by atomic mass is 9.72. The highest BCUT2D eigenvalue weighted by atomic mass is 19.4. The molecule has 8 aromatic carbocycles. The van der Waals surface area contributed by atoms with Crippen molar-refractivity contribution < 1.29 is 26.3 Å². The predicted octanol–water partition coefficient (Wildman–Crippen LogP) is 20.1. The van der Waals surface area contributed by atoms with Crippen molar-refractivity contribution >= 4 is 55.7 Å². The van der Waals surface area contributed by atoms with Crippen molar-refractivity contribution in [2.75, 3.05) is 9.80 Å². The summed E-state index contributed by atoms with van der Waals surface area (Å²) in [6.45, 7) is 13.2. The van der Waals surface area contributed by atoms with Crippen LogP contribution in [0.3, 0.4) is 0 Å². The number of hydrogen-bond donors (Lipinski definition) is 0. The van der Waals surface area contributed by atoms with Gasteiger partial charge in [0, 0.05) is 33.5 Å². The van der Waals surface area contributed by atoms with E-state index < -0.39 is 28.9 Å². The summed E-state index contributed by atoms with van der Waals surface area (Å²) in [7, 11) is 0. The van der Waals surface area contributed by atoms with E-state index in [4.69, 9.17) is 0 Å². The molecule has 0 amide bonds. The molecule has 8 aromatic rings. The Morgan fingerprint density at radius 3 is 0.944 bits per heavy atom. The van der Waals surface area contributed by atoms with Crippen molar-refractivity contribution in [3.05, 3.63) is 204 Å². The number of hydrogen-bond acceptors (Lipinski definition) is 2. The number of alkyl halides is 6. The number of halogens is 6. The van der Waals surface area contributed by atoms with E-state index in [1.807, 2.05) is 119 Å². The monoisotopic (exact) mass is 962 g/mol. The van der Waals surface area contributed by atoms with E-state index in [2.05, 4.69) is 65.8 Å². The Morgan fingerprint density at radius 2 is 0.634 bits per heavy atom. The first-order valence-corrected chi connectivity index (χ1v) is 25.0. The molecule has 0 aliphatic carbocycles. The van der Waals surface area contributed by atoms with Crippen LogP contribution in [0.1, 0.15) is 115 Å². The Labute approximate surface area is 416 Å². The number of anilines is 6. The fraction of sp³-hybridized carbons (Fsp3) is 0.302. The lowest BCUT2D eigenvalue weighted by molar-refractivity contribution is -0.288.